The molecular formula is C21H22F3N3O4. The van der Waals surface area contributed by atoms with E-state index in [9.17, 15) is 22.8 Å². The average Bonchev–Trinajstić information content (AvgIpc) is 3.23. The standard InChI is InChI=1S/C21H22F3N3O4/c1-30-18-9-8-15(31-14-6-4-13(5-7-14)21(22,23)24)11-16(18)26-20(29)17-3-2-10-27(17)19(28)12-25/h4-9,11,17H,2-3,10,12,25H2,1H3,(H,26,29). The molecule has 3 rings (SSSR count). The van der Waals surface area contributed by atoms with E-state index in [1.54, 1.807) is 12.1 Å². The Morgan fingerprint density at radius 3 is 2.45 bits per heavy atom. The second-order valence-electron chi connectivity index (χ2n) is 6.92. The van der Waals surface area contributed by atoms with Gasteiger partial charge in [0.2, 0.25) is 11.8 Å². The van der Waals surface area contributed by atoms with E-state index in [0.717, 1.165) is 12.1 Å². The minimum atomic E-state index is -4.44. The molecule has 1 aliphatic rings. The highest BCUT2D eigenvalue weighted by atomic mass is 19.4. The van der Waals surface area contributed by atoms with Crippen molar-refractivity contribution in [3.05, 3.63) is 48.0 Å². The van der Waals surface area contributed by atoms with E-state index in [2.05, 4.69) is 5.32 Å². The Labute approximate surface area is 176 Å². The predicted molar refractivity (Wildman–Crippen MR) is 107 cm³/mol. The molecule has 0 aliphatic carbocycles. The van der Waals surface area contributed by atoms with Crippen molar-refractivity contribution in [2.75, 3.05) is 25.5 Å². The van der Waals surface area contributed by atoms with Crippen LogP contribution in [0.1, 0.15) is 18.4 Å². The number of halogens is 3. The van der Waals surface area contributed by atoms with Gasteiger partial charge in [0.15, 0.2) is 0 Å². The van der Waals surface area contributed by atoms with E-state index in [1.165, 1.54) is 30.2 Å². The molecule has 1 unspecified atom stereocenters. The lowest BCUT2D eigenvalue weighted by atomic mass is 10.2. The normalized spacial score (nSPS) is 16.2. The van der Waals surface area contributed by atoms with Gasteiger partial charge in [-0.2, -0.15) is 13.2 Å². The SMILES string of the molecule is COc1ccc(Oc2ccc(C(F)(F)F)cc2)cc1NC(=O)C1CCCN1C(=O)CN. The lowest BCUT2D eigenvalue weighted by molar-refractivity contribution is -0.137. The summed E-state index contributed by atoms with van der Waals surface area (Å²) in [5.41, 5.74) is 4.94. The fourth-order valence-corrected chi connectivity index (χ4v) is 3.37. The summed E-state index contributed by atoms with van der Waals surface area (Å²) in [6.45, 7) is 0.284. The van der Waals surface area contributed by atoms with Crippen molar-refractivity contribution >= 4 is 17.5 Å². The van der Waals surface area contributed by atoms with Gasteiger partial charge in [0.1, 0.15) is 23.3 Å². The molecule has 3 N–H and O–H groups in total. The topological polar surface area (TPSA) is 93.9 Å². The summed E-state index contributed by atoms with van der Waals surface area (Å²) in [4.78, 5) is 26.2. The molecular weight excluding hydrogens is 415 g/mol. The highest BCUT2D eigenvalue weighted by Crippen LogP contribution is 2.34. The van der Waals surface area contributed by atoms with Crippen LogP contribution in [-0.2, 0) is 15.8 Å². The van der Waals surface area contributed by atoms with Crippen LogP contribution >= 0.6 is 0 Å². The lowest BCUT2D eigenvalue weighted by Crippen LogP contribution is -2.45. The molecule has 1 heterocycles. The van der Waals surface area contributed by atoms with Gasteiger partial charge in [0.05, 0.1) is 24.9 Å². The van der Waals surface area contributed by atoms with Gasteiger partial charge >= 0.3 is 6.18 Å². The third kappa shape index (κ3) is 5.26. The summed E-state index contributed by atoms with van der Waals surface area (Å²) in [5, 5.41) is 2.74. The molecule has 1 fully saturated rings. The second kappa shape index (κ2) is 9.25. The number of benzene rings is 2. The number of carbonyl (C=O) groups excluding carboxylic acids is 2. The number of nitrogens with zero attached hydrogens (tertiary/aromatic N) is 1. The molecule has 1 atom stereocenters. The number of carbonyl (C=O) groups is 2. The van der Waals surface area contributed by atoms with Crippen LogP contribution in [0.3, 0.4) is 0 Å². The summed E-state index contributed by atoms with van der Waals surface area (Å²) >= 11 is 0. The van der Waals surface area contributed by atoms with E-state index in [-0.39, 0.29) is 29.9 Å². The highest BCUT2D eigenvalue weighted by Gasteiger charge is 2.34. The lowest BCUT2D eigenvalue weighted by Gasteiger charge is -2.24. The quantitative estimate of drug-likeness (QED) is 0.723. The number of likely N-dealkylation sites (tertiary alicyclic amines) is 1. The number of anilines is 1. The van der Waals surface area contributed by atoms with Gasteiger partial charge in [-0.25, -0.2) is 0 Å². The van der Waals surface area contributed by atoms with Crippen LogP contribution in [0.2, 0.25) is 0 Å². The summed E-state index contributed by atoms with van der Waals surface area (Å²) in [6, 6.07) is 8.24. The molecule has 0 radical (unpaired) electrons. The number of nitrogens with one attached hydrogen (secondary N) is 1. The number of alkyl halides is 3. The first-order valence-corrected chi connectivity index (χ1v) is 9.56. The molecule has 0 aromatic heterocycles. The van der Waals surface area contributed by atoms with Crippen molar-refractivity contribution in [3.63, 3.8) is 0 Å². The van der Waals surface area contributed by atoms with Gasteiger partial charge in [-0.3, -0.25) is 9.59 Å². The largest absolute Gasteiger partial charge is 0.495 e. The molecule has 166 valence electrons. The fraction of sp³-hybridized carbons (Fsp3) is 0.333. The van der Waals surface area contributed by atoms with Crippen molar-refractivity contribution in [2.45, 2.75) is 25.1 Å². The Bertz CT molecular complexity index is 948. The molecule has 0 spiro atoms. The van der Waals surface area contributed by atoms with Gasteiger partial charge in [-0.1, -0.05) is 0 Å². The molecule has 2 amide bonds. The Balaban J connectivity index is 1.76. The average molecular weight is 437 g/mol. The number of hydrogen-bond donors (Lipinski definition) is 2. The number of hydrogen-bond acceptors (Lipinski definition) is 5. The van der Waals surface area contributed by atoms with Crippen molar-refractivity contribution in [1.29, 1.82) is 0 Å². The maximum atomic E-state index is 12.8. The van der Waals surface area contributed by atoms with Gasteiger partial charge in [0, 0.05) is 12.6 Å². The van der Waals surface area contributed by atoms with Crippen LogP contribution in [0.4, 0.5) is 18.9 Å². The minimum Gasteiger partial charge on any atom is -0.495 e. The summed E-state index contributed by atoms with van der Waals surface area (Å²) in [7, 11) is 1.43. The zero-order valence-electron chi connectivity index (χ0n) is 16.7. The smallest absolute Gasteiger partial charge is 0.416 e. The van der Waals surface area contributed by atoms with Gasteiger partial charge in [-0.15, -0.1) is 0 Å². The molecule has 0 saturated carbocycles. The Morgan fingerprint density at radius 2 is 1.84 bits per heavy atom. The first kappa shape index (κ1) is 22.4. The summed E-state index contributed by atoms with van der Waals surface area (Å²) in [6.07, 6.45) is -3.23. The zero-order chi connectivity index (χ0) is 22.6. The van der Waals surface area contributed by atoms with Gasteiger partial charge < -0.3 is 25.4 Å². The van der Waals surface area contributed by atoms with Crippen molar-refractivity contribution in [3.8, 4) is 17.2 Å². The van der Waals surface area contributed by atoms with Crippen LogP contribution in [0.15, 0.2) is 42.5 Å². The van der Waals surface area contributed by atoms with Crippen LogP contribution in [-0.4, -0.2) is 43.0 Å². The van der Waals surface area contributed by atoms with Crippen LogP contribution in [0.25, 0.3) is 0 Å². The van der Waals surface area contributed by atoms with Crippen LogP contribution in [0, 0.1) is 0 Å². The number of ether oxygens (including phenoxy) is 2. The van der Waals surface area contributed by atoms with E-state index in [4.69, 9.17) is 15.2 Å². The predicted octanol–water partition coefficient (Wildman–Crippen LogP) is 3.39. The molecule has 2 aromatic rings. The van der Waals surface area contributed by atoms with E-state index < -0.39 is 17.8 Å². The monoisotopic (exact) mass is 437 g/mol. The van der Waals surface area contributed by atoms with Crippen molar-refractivity contribution in [2.24, 2.45) is 5.73 Å². The Hall–Kier alpha value is -3.27. The maximum absolute atomic E-state index is 12.8. The van der Waals surface area contributed by atoms with E-state index in [1.807, 2.05) is 0 Å². The first-order valence-electron chi connectivity index (χ1n) is 9.56. The number of rotatable bonds is 6. The maximum Gasteiger partial charge on any atom is 0.416 e. The third-order valence-electron chi connectivity index (χ3n) is 4.90. The van der Waals surface area contributed by atoms with Gasteiger partial charge in [0.25, 0.3) is 0 Å². The summed E-state index contributed by atoms with van der Waals surface area (Å²) in [5.74, 6) is 0.166. The number of methoxy groups -OCH3 is 1. The van der Waals surface area contributed by atoms with Crippen LogP contribution < -0.4 is 20.5 Å². The molecule has 0 bridgehead atoms. The van der Waals surface area contributed by atoms with Crippen molar-refractivity contribution < 1.29 is 32.2 Å². The Morgan fingerprint density at radius 1 is 1.16 bits per heavy atom. The number of amides is 2. The molecule has 10 heteroatoms. The molecule has 1 saturated heterocycles. The Kier molecular flexibility index (Phi) is 6.69. The third-order valence-corrected chi connectivity index (χ3v) is 4.90. The minimum absolute atomic E-state index is 0.177. The molecule has 7 nitrogen and oxygen atoms in total. The number of nitrogens with two attached hydrogens (primary N) is 1. The summed E-state index contributed by atoms with van der Waals surface area (Å²) < 4.78 is 49.0. The van der Waals surface area contributed by atoms with Gasteiger partial charge in [-0.05, 0) is 49.2 Å². The van der Waals surface area contributed by atoms with E-state index in [0.29, 0.717) is 30.8 Å². The van der Waals surface area contributed by atoms with Crippen LogP contribution in [0.5, 0.6) is 17.2 Å². The first-order chi connectivity index (χ1) is 14.7. The second-order valence-corrected chi connectivity index (χ2v) is 6.92. The molecule has 1 aliphatic heterocycles. The zero-order valence-corrected chi connectivity index (χ0v) is 16.7. The van der Waals surface area contributed by atoms with Crippen molar-refractivity contribution in [1.82, 2.24) is 4.90 Å². The fourth-order valence-electron chi connectivity index (χ4n) is 3.37. The highest BCUT2D eigenvalue weighted by molar-refractivity contribution is 5.98. The molecule has 2 aromatic carbocycles. The molecule has 31 heavy (non-hydrogen) atoms. The van der Waals surface area contributed by atoms with E-state index >= 15 is 0 Å².